The van der Waals surface area contributed by atoms with E-state index in [0.29, 0.717) is 18.4 Å². The van der Waals surface area contributed by atoms with Crippen molar-refractivity contribution in [1.29, 1.82) is 0 Å². The Morgan fingerprint density at radius 2 is 1.61 bits per heavy atom. The van der Waals surface area contributed by atoms with Gasteiger partial charge in [-0.1, -0.05) is 56.3 Å². The van der Waals surface area contributed by atoms with Crippen LogP contribution in [0.5, 0.6) is 5.75 Å². The summed E-state index contributed by atoms with van der Waals surface area (Å²) < 4.78 is 0. The average molecular weight is 851 g/mol. The zero-order valence-corrected chi connectivity index (χ0v) is 35.5. The highest BCUT2D eigenvalue weighted by molar-refractivity contribution is 5.96. The van der Waals surface area contributed by atoms with Gasteiger partial charge in [-0.15, -0.1) is 0 Å². The first kappa shape index (κ1) is 49.0. The molecule has 0 saturated carbocycles. The minimum absolute atomic E-state index is 0.0163. The summed E-state index contributed by atoms with van der Waals surface area (Å²) in [6, 6.07) is 6.05. The summed E-state index contributed by atoms with van der Waals surface area (Å²) in [4.78, 5) is 99.8. The first-order valence-corrected chi connectivity index (χ1v) is 20.5. The number of urea groups is 1. The zero-order valence-electron chi connectivity index (χ0n) is 35.5. The van der Waals surface area contributed by atoms with E-state index in [9.17, 15) is 43.8 Å². The number of aromatic hydroxyl groups is 1. The number of carbonyl (C=O) groups excluding carboxylic acids is 6. The van der Waals surface area contributed by atoms with Crippen molar-refractivity contribution in [2.24, 2.45) is 22.4 Å². The number of rotatable bonds is 13. The number of aliphatic carboxylic acids is 1. The van der Waals surface area contributed by atoms with Gasteiger partial charge in [-0.25, -0.2) is 9.59 Å². The summed E-state index contributed by atoms with van der Waals surface area (Å²) in [5.74, 6) is -5.00. The molecule has 2 aromatic rings. The topological polar surface area (TPSA) is 300 Å². The van der Waals surface area contributed by atoms with Gasteiger partial charge in [0.25, 0.3) is 0 Å². The van der Waals surface area contributed by atoms with Gasteiger partial charge < -0.3 is 58.5 Å². The molecule has 1 aliphatic heterocycles. The van der Waals surface area contributed by atoms with E-state index >= 15 is 0 Å². The van der Waals surface area contributed by atoms with E-state index in [4.69, 9.17) is 11.5 Å². The van der Waals surface area contributed by atoms with Crippen molar-refractivity contribution in [3.8, 4) is 5.75 Å². The third kappa shape index (κ3) is 15.9. The zero-order chi connectivity index (χ0) is 45.2. The van der Waals surface area contributed by atoms with Crippen molar-refractivity contribution in [1.82, 2.24) is 36.8 Å². The Hall–Kier alpha value is -6.40. The summed E-state index contributed by atoms with van der Waals surface area (Å²) in [5.41, 5.74) is 12.9. The second-order valence-corrected chi connectivity index (χ2v) is 15.6. The predicted molar refractivity (Wildman–Crippen MR) is 228 cm³/mol. The molecule has 1 saturated heterocycles. The van der Waals surface area contributed by atoms with E-state index in [-0.39, 0.29) is 63.3 Å². The van der Waals surface area contributed by atoms with E-state index in [2.05, 4.69) is 36.9 Å². The normalized spacial score (nSPS) is 21.6. The van der Waals surface area contributed by atoms with Crippen molar-refractivity contribution in [2.75, 3.05) is 20.1 Å². The van der Waals surface area contributed by atoms with Crippen LogP contribution in [0, 0.1) is 12.8 Å². The summed E-state index contributed by atoms with van der Waals surface area (Å²) >= 11 is 0. The first-order chi connectivity index (χ1) is 28.9. The monoisotopic (exact) mass is 850 g/mol. The first-order valence-electron chi connectivity index (χ1n) is 20.5. The Bertz CT molecular complexity index is 1870. The lowest BCUT2D eigenvalue weighted by Gasteiger charge is -2.31. The fourth-order valence-electron chi connectivity index (χ4n) is 6.65. The molecular weight excluding hydrogens is 789 g/mol. The fourth-order valence-corrected chi connectivity index (χ4v) is 6.65. The third-order valence-corrected chi connectivity index (χ3v) is 10.5. The van der Waals surface area contributed by atoms with E-state index in [1.165, 1.54) is 24.9 Å². The number of carboxylic acid groups (broad SMARTS) is 1. The van der Waals surface area contributed by atoms with Crippen LogP contribution in [0.15, 0.2) is 53.5 Å². The van der Waals surface area contributed by atoms with Crippen LogP contribution in [0.25, 0.3) is 0 Å². The SMILES string of the molecule is Cc1cc(CC[C@H]2NC(=O)[C@H](C(C)C)NC(=O)[C@H](NC(=O)N[C@@H](CCCN=C(N)N)C(=O)O)CCCCNC(=O)[C@H](Cc3ccccc3)NC(=O)[C@H](C)N(C)C2=O)ccc1O. The molecule has 1 heterocycles. The highest BCUT2D eigenvalue weighted by Crippen LogP contribution is 2.19. The number of aliphatic imine (C=N–C) groups is 1. The van der Waals surface area contributed by atoms with Gasteiger partial charge in [0, 0.05) is 26.6 Å². The smallest absolute Gasteiger partial charge is 0.326 e. The van der Waals surface area contributed by atoms with Crippen molar-refractivity contribution in [3.63, 3.8) is 0 Å². The molecule has 0 aliphatic carbocycles. The summed E-state index contributed by atoms with van der Waals surface area (Å²) in [7, 11) is 1.42. The fraction of sp³-hybridized carbons (Fsp3) is 0.524. The van der Waals surface area contributed by atoms with Gasteiger partial charge in [0.05, 0.1) is 0 Å². The highest BCUT2D eigenvalue weighted by Gasteiger charge is 2.35. The highest BCUT2D eigenvalue weighted by atomic mass is 16.4. The van der Waals surface area contributed by atoms with E-state index in [1.807, 2.05) is 30.3 Å². The lowest BCUT2D eigenvalue weighted by Crippen LogP contribution is -2.60. The molecule has 2 aromatic carbocycles. The molecule has 19 nitrogen and oxygen atoms in total. The quantitative estimate of drug-likeness (QED) is 0.0743. The maximum atomic E-state index is 14.2. The van der Waals surface area contributed by atoms with Gasteiger partial charge in [0.2, 0.25) is 29.5 Å². The van der Waals surface area contributed by atoms with E-state index in [1.54, 1.807) is 32.9 Å². The molecule has 12 N–H and O–H groups in total. The number of carbonyl (C=O) groups is 7. The van der Waals surface area contributed by atoms with Crippen LogP contribution in [-0.2, 0) is 41.6 Å². The van der Waals surface area contributed by atoms with Crippen LogP contribution in [0.1, 0.15) is 76.0 Å². The summed E-state index contributed by atoms with van der Waals surface area (Å²) in [5, 5.41) is 35.9. The van der Waals surface area contributed by atoms with E-state index < -0.39 is 83.7 Å². The largest absolute Gasteiger partial charge is 0.508 e. The molecule has 3 rings (SSSR count). The number of guanidine groups is 1. The Kier molecular flexibility index (Phi) is 19.3. The predicted octanol–water partition coefficient (Wildman–Crippen LogP) is 0.308. The van der Waals surface area contributed by atoms with Crippen LogP contribution in [-0.4, -0.2) is 119 Å². The molecule has 0 bridgehead atoms. The number of nitrogens with zero attached hydrogens (tertiary/aromatic N) is 2. The van der Waals surface area contributed by atoms with Crippen molar-refractivity contribution >= 4 is 47.5 Å². The molecule has 1 aliphatic rings. The number of carboxylic acids is 1. The number of phenols is 1. The number of hydrogen-bond donors (Lipinski definition) is 10. The van der Waals surface area contributed by atoms with Crippen molar-refractivity contribution < 1.29 is 43.8 Å². The van der Waals surface area contributed by atoms with Gasteiger partial charge in [-0.05, 0) is 87.5 Å². The number of aryl methyl sites for hydroxylation is 2. The van der Waals surface area contributed by atoms with Crippen LogP contribution in [0.4, 0.5) is 4.79 Å². The number of nitrogens with one attached hydrogen (secondary N) is 6. The second kappa shape index (κ2) is 24.0. The number of likely N-dealkylation sites (N-methyl/N-ethyl adjacent to an activating group) is 1. The van der Waals surface area contributed by atoms with Gasteiger partial charge in [-0.2, -0.15) is 0 Å². The number of hydrogen-bond acceptors (Lipinski definition) is 9. The molecule has 19 heteroatoms. The maximum Gasteiger partial charge on any atom is 0.326 e. The van der Waals surface area contributed by atoms with Gasteiger partial charge in [0.1, 0.15) is 42.0 Å². The van der Waals surface area contributed by atoms with Crippen molar-refractivity contribution in [3.05, 3.63) is 65.2 Å². The molecule has 6 atom stereocenters. The van der Waals surface area contributed by atoms with Crippen LogP contribution in [0.2, 0.25) is 0 Å². The molecule has 0 aromatic heterocycles. The number of amides is 7. The molecule has 0 unspecified atom stereocenters. The molecule has 0 radical (unpaired) electrons. The molecular formula is C42H62N10O9. The average Bonchev–Trinajstić information content (AvgIpc) is 3.21. The lowest BCUT2D eigenvalue weighted by molar-refractivity contribution is -0.142. The Morgan fingerprint density at radius 1 is 0.918 bits per heavy atom. The number of nitrogens with two attached hydrogens (primary N) is 2. The molecule has 0 spiro atoms. The van der Waals surface area contributed by atoms with Gasteiger partial charge in [0.15, 0.2) is 5.96 Å². The number of benzene rings is 2. The maximum absolute atomic E-state index is 14.2. The van der Waals surface area contributed by atoms with Crippen molar-refractivity contribution in [2.45, 2.75) is 115 Å². The van der Waals surface area contributed by atoms with Gasteiger partial charge >= 0.3 is 12.0 Å². The Labute approximate surface area is 356 Å². The van der Waals surface area contributed by atoms with Crippen LogP contribution in [0.3, 0.4) is 0 Å². The van der Waals surface area contributed by atoms with Crippen LogP contribution >= 0.6 is 0 Å². The molecule has 7 amide bonds. The standard InChI is InChI=1S/C42H62N10O9/c1-24(2)34-38(57)47-30(18-16-28-17-19-33(53)25(3)22-28)39(58)52(5)26(4)35(54)48-32(23-27-12-7-6-8-13-27)36(55)45-20-10-9-14-29(37(56)51-34)49-42(61)50-31(40(59)60)15-11-21-46-41(43)44/h6-8,12-13,17,19,22,24,26,29-32,34,53H,9-11,14-16,18,20-21,23H2,1-5H3,(H,45,55)(H,47,57)(H,48,54)(H,51,56)(H,59,60)(H4,43,44,46)(H2,49,50,61)/t26-,29+,30+,31-,32-,34-/m0/s1. The Balaban J connectivity index is 1.96. The summed E-state index contributed by atoms with van der Waals surface area (Å²) in [6.45, 7) is 6.91. The minimum Gasteiger partial charge on any atom is -0.508 e. The van der Waals surface area contributed by atoms with E-state index in [0.717, 1.165) is 11.1 Å². The number of phenolic OH excluding ortho intramolecular Hbond substituents is 1. The summed E-state index contributed by atoms with van der Waals surface area (Å²) in [6.07, 6.45) is 1.40. The minimum atomic E-state index is -1.34. The molecule has 1 fully saturated rings. The van der Waals surface area contributed by atoms with Crippen LogP contribution < -0.4 is 43.4 Å². The third-order valence-electron chi connectivity index (χ3n) is 10.5. The molecule has 61 heavy (non-hydrogen) atoms. The molecule has 334 valence electrons. The lowest BCUT2D eigenvalue weighted by atomic mass is 9.99. The van der Waals surface area contributed by atoms with Gasteiger partial charge in [-0.3, -0.25) is 29.0 Å². The Morgan fingerprint density at radius 3 is 2.25 bits per heavy atom. The second-order valence-electron chi connectivity index (χ2n) is 15.6.